The first-order chi connectivity index (χ1) is 12.1. The van der Waals surface area contributed by atoms with Crippen molar-refractivity contribution in [1.29, 1.82) is 0 Å². The fraction of sp³-hybridized carbons (Fsp3) is 0.500. The van der Waals surface area contributed by atoms with Crippen molar-refractivity contribution in [3.8, 4) is 0 Å². The summed E-state index contributed by atoms with van der Waals surface area (Å²) >= 11 is 0.848. The largest absolute Gasteiger partial charge is 0.351 e. The topological polar surface area (TPSA) is 105 Å². The van der Waals surface area contributed by atoms with E-state index in [-0.39, 0.29) is 29.2 Å². The van der Waals surface area contributed by atoms with Gasteiger partial charge >= 0.3 is 5.00 Å². The fourth-order valence-corrected chi connectivity index (χ4v) is 3.89. The molecule has 3 rings (SSSR count). The van der Waals surface area contributed by atoms with Crippen molar-refractivity contribution < 1.29 is 14.5 Å². The molecule has 2 aliphatic rings. The lowest BCUT2D eigenvalue weighted by molar-refractivity contribution is -0.380. The number of nitrogens with one attached hydrogen (secondary N) is 2. The summed E-state index contributed by atoms with van der Waals surface area (Å²) in [5, 5.41) is 16.9. The second-order valence-corrected chi connectivity index (χ2v) is 7.15. The number of nitrogens with zero attached hydrogens (tertiary/aromatic N) is 2. The van der Waals surface area contributed by atoms with Crippen molar-refractivity contribution >= 4 is 40.6 Å². The molecule has 2 N–H and O–H groups in total. The van der Waals surface area contributed by atoms with Crippen LogP contribution >= 0.6 is 23.7 Å². The van der Waals surface area contributed by atoms with Crippen LogP contribution in [0.5, 0.6) is 0 Å². The molecular formula is C16H21ClN4O4S. The molecule has 8 nitrogen and oxygen atoms in total. The van der Waals surface area contributed by atoms with E-state index in [0.717, 1.165) is 37.3 Å². The molecule has 26 heavy (non-hydrogen) atoms. The summed E-state index contributed by atoms with van der Waals surface area (Å²) in [6, 6.07) is 2.28. The third-order valence-corrected chi connectivity index (χ3v) is 5.47. The van der Waals surface area contributed by atoms with Crippen LogP contribution < -0.4 is 10.6 Å². The van der Waals surface area contributed by atoms with Gasteiger partial charge in [-0.2, -0.15) is 0 Å². The van der Waals surface area contributed by atoms with Gasteiger partial charge in [-0.05, 0) is 31.9 Å². The van der Waals surface area contributed by atoms with Gasteiger partial charge in [0.05, 0.1) is 9.80 Å². The highest BCUT2D eigenvalue weighted by atomic mass is 35.5. The third kappa shape index (κ3) is 4.60. The maximum atomic E-state index is 12.6. The van der Waals surface area contributed by atoms with E-state index in [1.807, 2.05) is 0 Å². The number of rotatable bonds is 5. The maximum absolute atomic E-state index is 12.6. The molecule has 0 radical (unpaired) electrons. The van der Waals surface area contributed by atoms with E-state index in [1.165, 1.54) is 22.6 Å². The minimum Gasteiger partial charge on any atom is -0.351 e. The van der Waals surface area contributed by atoms with Gasteiger partial charge in [0, 0.05) is 25.7 Å². The highest BCUT2D eigenvalue weighted by Gasteiger charge is 2.35. The van der Waals surface area contributed by atoms with Crippen molar-refractivity contribution in [3.05, 3.63) is 38.8 Å². The van der Waals surface area contributed by atoms with Crippen molar-refractivity contribution in [2.45, 2.75) is 25.3 Å². The van der Waals surface area contributed by atoms with Crippen LogP contribution in [0, 0.1) is 10.1 Å². The molecule has 0 aromatic carbocycles. The second kappa shape index (κ2) is 9.11. The molecule has 2 amide bonds. The molecule has 3 heterocycles. The third-order valence-electron chi connectivity index (χ3n) is 4.45. The average Bonchev–Trinajstić information content (AvgIpc) is 3.29. The van der Waals surface area contributed by atoms with Crippen LogP contribution in [0.15, 0.2) is 23.8 Å². The molecule has 1 saturated heterocycles. The number of thiophene rings is 1. The monoisotopic (exact) mass is 400 g/mol. The lowest BCUT2D eigenvalue weighted by Gasteiger charge is -2.24. The summed E-state index contributed by atoms with van der Waals surface area (Å²) < 4.78 is 0. The van der Waals surface area contributed by atoms with Crippen LogP contribution in [-0.4, -0.2) is 53.9 Å². The summed E-state index contributed by atoms with van der Waals surface area (Å²) in [6.45, 7) is 2.72. The van der Waals surface area contributed by atoms with Crippen molar-refractivity contribution in [3.63, 3.8) is 0 Å². The van der Waals surface area contributed by atoms with Crippen molar-refractivity contribution in [2.24, 2.45) is 0 Å². The van der Waals surface area contributed by atoms with Crippen LogP contribution in [0.4, 0.5) is 5.00 Å². The Balaban J connectivity index is 0.00000243. The molecule has 0 saturated carbocycles. The number of halogens is 1. The predicted octanol–water partition coefficient (Wildman–Crippen LogP) is 1.72. The zero-order valence-electron chi connectivity index (χ0n) is 14.1. The molecule has 0 spiro atoms. The maximum Gasteiger partial charge on any atom is 0.324 e. The number of nitro groups is 1. The van der Waals surface area contributed by atoms with Gasteiger partial charge in [0.15, 0.2) is 0 Å². The van der Waals surface area contributed by atoms with Gasteiger partial charge in [0.2, 0.25) is 5.91 Å². The lowest BCUT2D eigenvalue weighted by Crippen LogP contribution is -2.46. The first-order valence-electron chi connectivity index (χ1n) is 8.28. The minimum atomic E-state index is -0.512. The molecule has 142 valence electrons. The number of carbonyl (C=O) groups excluding carboxylic acids is 2. The molecule has 0 aliphatic carbocycles. The van der Waals surface area contributed by atoms with E-state index >= 15 is 0 Å². The Labute approximate surface area is 161 Å². The van der Waals surface area contributed by atoms with Crippen LogP contribution in [0.2, 0.25) is 0 Å². The highest BCUT2D eigenvalue weighted by Crippen LogP contribution is 2.28. The number of amides is 2. The molecule has 2 aliphatic heterocycles. The molecule has 1 aromatic rings. The molecule has 0 bridgehead atoms. The number of hydrogen-bond acceptors (Lipinski definition) is 6. The first-order valence-corrected chi connectivity index (χ1v) is 9.09. The number of hydrogen-bond donors (Lipinski definition) is 2. The average molecular weight is 401 g/mol. The van der Waals surface area contributed by atoms with Gasteiger partial charge < -0.3 is 15.5 Å². The quantitative estimate of drug-likeness (QED) is 0.445. The van der Waals surface area contributed by atoms with Crippen molar-refractivity contribution in [1.82, 2.24) is 15.5 Å². The highest BCUT2D eigenvalue weighted by molar-refractivity contribution is 7.17. The van der Waals surface area contributed by atoms with Crippen LogP contribution in [0.3, 0.4) is 0 Å². The number of likely N-dealkylation sites (tertiary alicyclic amines) is 1. The predicted molar refractivity (Wildman–Crippen MR) is 101 cm³/mol. The van der Waals surface area contributed by atoms with Gasteiger partial charge in [-0.3, -0.25) is 19.7 Å². The summed E-state index contributed by atoms with van der Waals surface area (Å²) in [4.78, 5) is 37.2. The molecule has 10 heteroatoms. The lowest BCUT2D eigenvalue weighted by atomic mass is 10.1. The summed E-state index contributed by atoms with van der Waals surface area (Å²) in [7, 11) is 0. The Bertz CT molecular complexity index is 721. The Morgan fingerprint density at radius 2 is 2.23 bits per heavy atom. The van der Waals surface area contributed by atoms with E-state index in [9.17, 15) is 19.7 Å². The van der Waals surface area contributed by atoms with Crippen LogP contribution in [-0.2, 0) is 4.79 Å². The molecule has 1 fully saturated rings. The van der Waals surface area contributed by atoms with Gasteiger partial charge in [-0.25, -0.2) is 0 Å². The molecular weight excluding hydrogens is 380 g/mol. The van der Waals surface area contributed by atoms with Gasteiger partial charge in [0.1, 0.15) is 6.04 Å². The van der Waals surface area contributed by atoms with Gasteiger partial charge in [0.25, 0.3) is 5.91 Å². The normalized spacial score (nSPS) is 19.5. The van der Waals surface area contributed by atoms with Crippen molar-refractivity contribution in [2.75, 3.05) is 26.2 Å². The van der Waals surface area contributed by atoms with Gasteiger partial charge in [-0.1, -0.05) is 23.0 Å². The SMILES string of the molecule is Cl.O=C(NCC1=CCNCC1)C1CCCN1C(=O)c1ccc([N+](=O)[O-])s1. The molecule has 1 aromatic heterocycles. The van der Waals surface area contributed by atoms with E-state index in [0.29, 0.717) is 24.4 Å². The summed E-state index contributed by atoms with van der Waals surface area (Å²) in [6.07, 6.45) is 4.36. The fourth-order valence-electron chi connectivity index (χ4n) is 3.11. The Kier molecular flexibility index (Phi) is 7.13. The summed E-state index contributed by atoms with van der Waals surface area (Å²) in [5.74, 6) is -0.465. The molecule has 1 atom stereocenters. The van der Waals surface area contributed by atoms with Crippen LogP contribution in [0.25, 0.3) is 0 Å². The first kappa shape index (κ1) is 20.3. The van der Waals surface area contributed by atoms with E-state index in [2.05, 4.69) is 16.7 Å². The smallest absolute Gasteiger partial charge is 0.324 e. The minimum absolute atomic E-state index is 0. The molecule has 1 unspecified atom stereocenters. The Morgan fingerprint density at radius 3 is 2.88 bits per heavy atom. The van der Waals surface area contributed by atoms with E-state index < -0.39 is 11.0 Å². The van der Waals surface area contributed by atoms with E-state index in [4.69, 9.17) is 0 Å². The van der Waals surface area contributed by atoms with Crippen LogP contribution in [0.1, 0.15) is 28.9 Å². The number of carbonyl (C=O) groups is 2. The Hall–Kier alpha value is -1.97. The Morgan fingerprint density at radius 1 is 1.42 bits per heavy atom. The standard InChI is InChI=1S/C16H20N4O4S.ClH/c21-15(18-10-11-5-7-17-8-6-11)12-2-1-9-19(12)16(22)13-3-4-14(25-13)20(23)24;/h3-5,12,17H,1-2,6-10H2,(H,18,21);1H. The summed E-state index contributed by atoms with van der Waals surface area (Å²) in [5.41, 5.74) is 1.19. The zero-order chi connectivity index (χ0) is 17.8. The van der Waals surface area contributed by atoms with E-state index in [1.54, 1.807) is 0 Å². The zero-order valence-corrected chi connectivity index (χ0v) is 15.7. The second-order valence-electron chi connectivity index (χ2n) is 6.09. The van der Waals surface area contributed by atoms with Gasteiger partial charge in [-0.15, -0.1) is 12.4 Å².